The molecule has 0 atom stereocenters. The number of rotatable bonds is 6. The molecule has 0 aliphatic heterocycles. The minimum atomic E-state index is 0.0761. The summed E-state index contributed by atoms with van der Waals surface area (Å²) in [7, 11) is 1.79. The van der Waals surface area contributed by atoms with Gasteiger partial charge >= 0.3 is 0 Å². The highest BCUT2D eigenvalue weighted by Gasteiger charge is 2.19. The minimum Gasteiger partial charge on any atom is -0.381 e. The van der Waals surface area contributed by atoms with E-state index in [-0.39, 0.29) is 11.8 Å². The van der Waals surface area contributed by atoms with Gasteiger partial charge < -0.3 is 15.4 Å². The highest BCUT2D eigenvalue weighted by molar-refractivity contribution is 5.77. The number of carbonyl (C=O) groups is 1. The molecule has 2 N–H and O–H groups in total. The lowest BCUT2D eigenvalue weighted by atomic mass is 9.93. The Morgan fingerprint density at radius 3 is 2.41 bits per heavy atom. The Hall–Kier alpha value is -0.610. The van der Waals surface area contributed by atoms with Crippen molar-refractivity contribution in [2.24, 2.45) is 5.92 Å². The van der Waals surface area contributed by atoms with Gasteiger partial charge in [-0.25, -0.2) is 0 Å². The fourth-order valence-electron chi connectivity index (χ4n) is 2.17. The van der Waals surface area contributed by atoms with Crippen LogP contribution in [0, 0.1) is 5.92 Å². The Morgan fingerprint density at radius 2 is 1.88 bits per heavy atom. The summed E-state index contributed by atoms with van der Waals surface area (Å²) in [6, 6.07) is 0.595. The van der Waals surface area contributed by atoms with E-state index in [0.717, 1.165) is 25.9 Å². The Morgan fingerprint density at radius 1 is 1.24 bits per heavy atom. The monoisotopic (exact) mass is 242 g/mol. The minimum absolute atomic E-state index is 0.0761. The summed E-state index contributed by atoms with van der Waals surface area (Å²) >= 11 is 0. The fraction of sp³-hybridized carbons (Fsp3) is 0.923. The second-order valence-corrected chi connectivity index (χ2v) is 5.11. The maximum atomic E-state index is 11.3. The summed E-state index contributed by atoms with van der Waals surface area (Å²) < 4.78 is 5.34. The van der Waals surface area contributed by atoms with Gasteiger partial charge in [0.25, 0.3) is 0 Å². The van der Waals surface area contributed by atoms with Crippen LogP contribution in [0.5, 0.6) is 0 Å². The first kappa shape index (κ1) is 14.5. The SMILES string of the molecule is COC1CCC(NCCNC(=O)C(C)C)CC1. The van der Waals surface area contributed by atoms with E-state index in [1.54, 1.807) is 7.11 Å². The Kier molecular flexibility index (Phi) is 6.52. The van der Waals surface area contributed by atoms with Crippen molar-refractivity contribution in [2.45, 2.75) is 51.7 Å². The second kappa shape index (κ2) is 7.67. The van der Waals surface area contributed by atoms with E-state index >= 15 is 0 Å². The van der Waals surface area contributed by atoms with Crippen LogP contribution in [0.1, 0.15) is 39.5 Å². The lowest BCUT2D eigenvalue weighted by molar-refractivity contribution is -0.123. The van der Waals surface area contributed by atoms with Gasteiger partial charge in [-0.05, 0) is 25.7 Å². The number of methoxy groups -OCH3 is 1. The average molecular weight is 242 g/mol. The molecule has 1 rings (SSSR count). The van der Waals surface area contributed by atoms with E-state index in [4.69, 9.17) is 4.74 Å². The van der Waals surface area contributed by atoms with Gasteiger partial charge in [0.2, 0.25) is 5.91 Å². The third kappa shape index (κ3) is 5.50. The van der Waals surface area contributed by atoms with Gasteiger partial charge in [-0.3, -0.25) is 4.79 Å². The summed E-state index contributed by atoms with van der Waals surface area (Å²) in [5, 5.41) is 6.41. The average Bonchev–Trinajstić information content (AvgIpc) is 2.35. The Labute approximate surface area is 104 Å². The quantitative estimate of drug-likeness (QED) is 0.690. The van der Waals surface area contributed by atoms with E-state index in [9.17, 15) is 4.79 Å². The van der Waals surface area contributed by atoms with Crippen LogP contribution >= 0.6 is 0 Å². The van der Waals surface area contributed by atoms with E-state index in [0.29, 0.717) is 12.1 Å². The zero-order chi connectivity index (χ0) is 12.7. The zero-order valence-electron chi connectivity index (χ0n) is 11.3. The molecule has 1 fully saturated rings. The van der Waals surface area contributed by atoms with Crippen molar-refractivity contribution >= 4 is 5.91 Å². The van der Waals surface area contributed by atoms with Crippen LogP contribution in [0.3, 0.4) is 0 Å². The normalized spacial score (nSPS) is 24.9. The first-order valence-corrected chi connectivity index (χ1v) is 6.67. The predicted molar refractivity (Wildman–Crippen MR) is 68.9 cm³/mol. The van der Waals surface area contributed by atoms with E-state index in [1.165, 1.54) is 12.8 Å². The molecule has 4 nitrogen and oxygen atoms in total. The molecule has 0 saturated heterocycles. The maximum Gasteiger partial charge on any atom is 0.222 e. The predicted octanol–water partition coefficient (Wildman–Crippen LogP) is 1.31. The lowest BCUT2D eigenvalue weighted by Gasteiger charge is -2.28. The Balaban J connectivity index is 2.02. The number of carbonyl (C=O) groups excluding carboxylic acids is 1. The smallest absolute Gasteiger partial charge is 0.222 e. The molecule has 1 aliphatic carbocycles. The van der Waals surface area contributed by atoms with Gasteiger partial charge in [-0.2, -0.15) is 0 Å². The molecule has 1 aliphatic rings. The van der Waals surface area contributed by atoms with Gasteiger partial charge in [-0.15, -0.1) is 0 Å². The summed E-state index contributed by atoms with van der Waals surface area (Å²) in [4.78, 5) is 11.3. The third-order valence-corrected chi connectivity index (χ3v) is 3.39. The van der Waals surface area contributed by atoms with Crippen molar-refractivity contribution in [3.63, 3.8) is 0 Å². The standard InChI is InChI=1S/C13H26N2O2/c1-10(2)13(16)15-9-8-14-11-4-6-12(17-3)7-5-11/h10-12,14H,4-9H2,1-3H3,(H,15,16). The van der Waals surface area contributed by atoms with E-state index < -0.39 is 0 Å². The summed E-state index contributed by atoms with van der Waals surface area (Å²) in [6.45, 7) is 5.41. The van der Waals surface area contributed by atoms with Crippen LogP contribution in [0.15, 0.2) is 0 Å². The van der Waals surface area contributed by atoms with Gasteiger partial charge in [0.1, 0.15) is 0 Å². The summed E-state index contributed by atoms with van der Waals surface area (Å²) in [5.41, 5.74) is 0. The molecular weight excluding hydrogens is 216 g/mol. The van der Waals surface area contributed by atoms with Crippen molar-refractivity contribution in [1.29, 1.82) is 0 Å². The zero-order valence-corrected chi connectivity index (χ0v) is 11.3. The molecule has 0 spiro atoms. The Bertz CT molecular complexity index is 223. The van der Waals surface area contributed by atoms with Crippen molar-refractivity contribution in [3.05, 3.63) is 0 Å². The van der Waals surface area contributed by atoms with Gasteiger partial charge in [0, 0.05) is 32.2 Å². The van der Waals surface area contributed by atoms with E-state index in [1.807, 2.05) is 13.8 Å². The van der Waals surface area contributed by atoms with Crippen molar-refractivity contribution < 1.29 is 9.53 Å². The molecule has 0 radical (unpaired) electrons. The van der Waals surface area contributed by atoms with Crippen molar-refractivity contribution in [3.8, 4) is 0 Å². The van der Waals surface area contributed by atoms with Gasteiger partial charge in [0.15, 0.2) is 0 Å². The highest BCUT2D eigenvalue weighted by atomic mass is 16.5. The van der Waals surface area contributed by atoms with Crippen LogP contribution < -0.4 is 10.6 Å². The second-order valence-electron chi connectivity index (χ2n) is 5.11. The first-order chi connectivity index (χ1) is 8.13. The molecule has 0 aromatic carbocycles. The van der Waals surface area contributed by atoms with Crippen LogP contribution in [0.2, 0.25) is 0 Å². The fourth-order valence-corrected chi connectivity index (χ4v) is 2.17. The molecule has 0 aromatic rings. The summed E-state index contributed by atoms with van der Waals surface area (Å²) in [6.07, 6.45) is 5.10. The topological polar surface area (TPSA) is 50.4 Å². The molecule has 4 heteroatoms. The number of hydrogen-bond donors (Lipinski definition) is 2. The molecule has 0 unspecified atom stereocenters. The largest absolute Gasteiger partial charge is 0.381 e. The molecule has 0 aromatic heterocycles. The lowest BCUT2D eigenvalue weighted by Crippen LogP contribution is -2.40. The molecule has 17 heavy (non-hydrogen) atoms. The third-order valence-electron chi connectivity index (χ3n) is 3.39. The molecular formula is C13H26N2O2. The summed E-state index contributed by atoms with van der Waals surface area (Å²) in [5.74, 6) is 0.210. The number of nitrogens with one attached hydrogen (secondary N) is 2. The van der Waals surface area contributed by atoms with Gasteiger partial charge in [0.05, 0.1) is 6.10 Å². The molecule has 100 valence electrons. The van der Waals surface area contributed by atoms with Crippen LogP contribution in [-0.4, -0.2) is 38.3 Å². The number of ether oxygens (including phenoxy) is 1. The molecule has 0 heterocycles. The van der Waals surface area contributed by atoms with Crippen LogP contribution in [0.4, 0.5) is 0 Å². The molecule has 1 amide bonds. The molecule has 1 saturated carbocycles. The first-order valence-electron chi connectivity index (χ1n) is 6.67. The van der Waals surface area contributed by atoms with Gasteiger partial charge in [-0.1, -0.05) is 13.8 Å². The van der Waals surface area contributed by atoms with E-state index in [2.05, 4.69) is 10.6 Å². The van der Waals surface area contributed by atoms with Crippen LogP contribution in [0.25, 0.3) is 0 Å². The van der Waals surface area contributed by atoms with Crippen molar-refractivity contribution in [1.82, 2.24) is 10.6 Å². The number of amides is 1. The number of hydrogen-bond acceptors (Lipinski definition) is 3. The molecule has 0 bridgehead atoms. The van der Waals surface area contributed by atoms with Crippen LogP contribution in [-0.2, 0) is 9.53 Å². The maximum absolute atomic E-state index is 11.3. The van der Waals surface area contributed by atoms with Crippen molar-refractivity contribution in [2.75, 3.05) is 20.2 Å². The highest BCUT2D eigenvalue weighted by Crippen LogP contribution is 2.20.